The summed E-state index contributed by atoms with van der Waals surface area (Å²) in [6, 6.07) is 17.0. The number of hydrogen-bond donors (Lipinski definition) is 0. The zero-order chi connectivity index (χ0) is 24.8. The number of para-hydroxylation sites is 1. The highest BCUT2D eigenvalue weighted by Gasteiger charge is 2.29. The number of hydrogen-bond acceptors (Lipinski definition) is 8. The highest BCUT2D eigenvalue weighted by Crippen LogP contribution is 2.22. The Hall–Kier alpha value is -3.63. The van der Waals surface area contributed by atoms with Crippen molar-refractivity contribution in [3.8, 4) is 0 Å². The average Bonchev–Trinajstić information content (AvgIpc) is 3.37. The lowest BCUT2D eigenvalue weighted by Crippen LogP contribution is -2.48. The lowest BCUT2D eigenvalue weighted by atomic mass is 10.2. The minimum Gasteiger partial charge on any atom is -0.465 e. The van der Waals surface area contributed by atoms with Gasteiger partial charge in [-0.3, -0.25) is 0 Å². The molecule has 184 valence electrons. The van der Waals surface area contributed by atoms with Gasteiger partial charge in [-0.25, -0.2) is 18.0 Å². The number of carbonyl (C=O) groups excluding carboxylic acids is 2. The van der Waals surface area contributed by atoms with Gasteiger partial charge in [-0.15, -0.1) is 0 Å². The maximum Gasteiger partial charge on any atom is 0.341 e. The highest BCUT2D eigenvalue weighted by molar-refractivity contribution is 7.89. The molecule has 10 heteroatoms. The molecule has 1 aliphatic heterocycles. The number of esters is 2. The first-order valence-electron chi connectivity index (χ1n) is 11.2. The molecular formula is C25H26N2O7S. The minimum absolute atomic E-state index is 0.0188. The Balaban J connectivity index is 1.41. The third-order valence-corrected chi connectivity index (χ3v) is 7.54. The SMILES string of the molecule is CCOC(=O)c1ccoc1COC(=O)c1cccc(S(=O)(=O)N2CCN(c3ccccc3)CC2)c1. The first kappa shape index (κ1) is 24.5. The van der Waals surface area contributed by atoms with Crippen LogP contribution in [0.5, 0.6) is 0 Å². The lowest BCUT2D eigenvalue weighted by molar-refractivity contribution is 0.0422. The van der Waals surface area contributed by atoms with E-state index < -0.39 is 22.0 Å². The van der Waals surface area contributed by atoms with Gasteiger partial charge >= 0.3 is 11.9 Å². The number of benzene rings is 2. The van der Waals surface area contributed by atoms with Crippen LogP contribution >= 0.6 is 0 Å². The van der Waals surface area contributed by atoms with Gasteiger partial charge in [0.15, 0.2) is 12.4 Å². The Morgan fingerprint density at radius 2 is 1.66 bits per heavy atom. The van der Waals surface area contributed by atoms with Crippen molar-refractivity contribution in [3.05, 3.63) is 83.8 Å². The monoisotopic (exact) mass is 498 g/mol. The molecule has 1 fully saturated rings. The molecule has 4 rings (SSSR count). The molecule has 0 N–H and O–H groups in total. The van der Waals surface area contributed by atoms with Crippen LogP contribution in [0.3, 0.4) is 0 Å². The zero-order valence-corrected chi connectivity index (χ0v) is 20.1. The highest BCUT2D eigenvalue weighted by atomic mass is 32.2. The summed E-state index contributed by atoms with van der Waals surface area (Å²) in [6.45, 7) is 3.39. The maximum atomic E-state index is 13.2. The summed E-state index contributed by atoms with van der Waals surface area (Å²) in [5, 5.41) is 0. The molecule has 3 aromatic rings. The summed E-state index contributed by atoms with van der Waals surface area (Å²) < 4.78 is 43.3. The van der Waals surface area contributed by atoms with Gasteiger partial charge in [-0.05, 0) is 43.3 Å². The summed E-state index contributed by atoms with van der Waals surface area (Å²) in [6.07, 6.45) is 1.31. The van der Waals surface area contributed by atoms with E-state index in [1.807, 2.05) is 30.3 Å². The van der Waals surface area contributed by atoms with E-state index in [1.54, 1.807) is 6.92 Å². The molecule has 0 amide bonds. The van der Waals surface area contributed by atoms with Gasteiger partial charge in [-0.1, -0.05) is 24.3 Å². The van der Waals surface area contributed by atoms with E-state index in [9.17, 15) is 18.0 Å². The van der Waals surface area contributed by atoms with Gasteiger partial charge in [-0.2, -0.15) is 4.31 Å². The van der Waals surface area contributed by atoms with Crippen molar-refractivity contribution in [3.63, 3.8) is 0 Å². The fourth-order valence-corrected chi connectivity index (χ4v) is 5.28. The summed E-state index contributed by atoms with van der Waals surface area (Å²) >= 11 is 0. The Kier molecular flexibility index (Phi) is 7.52. The van der Waals surface area contributed by atoms with Crippen LogP contribution in [0.2, 0.25) is 0 Å². The van der Waals surface area contributed by atoms with E-state index in [0.717, 1.165) is 5.69 Å². The lowest BCUT2D eigenvalue weighted by Gasteiger charge is -2.35. The molecule has 0 saturated carbocycles. The van der Waals surface area contributed by atoms with Crippen LogP contribution in [0.1, 0.15) is 33.4 Å². The standard InChI is InChI=1S/C25H26N2O7S/c1-2-32-25(29)22-11-16-33-23(22)18-34-24(28)19-7-6-10-21(17-19)35(30,31)27-14-12-26(13-15-27)20-8-4-3-5-9-20/h3-11,16-17H,2,12-15,18H2,1H3. The number of sulfonamides is 1. The topological polar surface area (TPSA) is 106 Å². The predicted molar refractivity (Wildman–Crippen MR) is 128 cm³/mol. The van der Waals surface area contributed by atoms with Crippen LogP contribution in [-0.2, 0) is 26.1 Å². The van der Waals surface area contributed by atoms with Crippen LogP contribution in [0.4, 0.5) is 5.69 Å². The van der Waals surface area contributed by atoms with Crippen LogP contribution in [-0.4, -0.2) is 57.4 Å². The number of piperazine rings is 1. The van der Waals surface area contributed by atoms with E-state index >= 15 is 0 Å². The summed E-state index contributed by atoms with van der Waals surface area (Å²) in [5.74, 6) is -1.16. The van der Waals surface area contributed by atoms with Crippen molar-refractivity contribution in [2.45, 2.75) is 18.4 Å². The number of carbonyl (C=O) groups is 2. The third kappa shape index (κ3) is 5.55. The van der Waals surface area contributed by atoms with E-state index in [4.69, 9.17) is 13.9 Å². The second-order valence-electron chi connectivity index (χ2n) is 7.81. The Morgan fingerprint density at radius 3 is 2.37 bits per heavy atom. The summed E-state index contributed by atoms with van der Waals surface area (Å²) in [4.78, 5) is 26.7. The minimum atomic E-state index is -3.79. The summed E-state index contributed by atoms with van der Waals surface area (Å²) in [5.41, 5.74) is 1.31. The molecule has 1 aliphatic rings. The molecule has 0 radical (unpaired) electrons. The molecule has 1 aromatic heterocycles. The van der Waals surface area contributed by atoms with Crippen molar-refractivity contribution < 1.29 is 31.9 Å². The zero-order valence-electron chi connectivity index (χ0n) is 19.3. The molecular weight excluding hydrogens is 472 g/mol. The van der Waals surface area contributed by atoms with Gasteiger partial charge < -0.3 is 18.8 Å². The number of rotatable bonds is 8. The van der Waals surface area contributed by atoms with Crippen molar-refractivity contribution in [1.29, 1.82) is 0 Å². The first-order chi connectivity index (χ1) is 16.9. The fourth-order valence-electron chi connectivity index (χ4n) is 3.82. The molecule has 2 aromatic carbocycles. The molecule has 1 saturated heterocycles. The van der Waals surface area contributed by atoms with Crippen molar-refractivity contribution in [1.82, 2.24) is 4.31 Å². The Morgan fingerprint density at radius 1 is 0.914 bits per heavy atom. The van der Waals surface area contributed by atoms with Crippen LogP contribution in [0, 0.1) is 0 Å². The second-order valence-corrected chi connectivity index (χ2v) is 9.75. The van der Waals surface area contributed by atoms with Crippen LogP contribution in [0.25, 0.3) is 0 Å². The van der Waals surface area contributed by atoms with Gasteiger partial charge in [0.2, 0.25) is 10.0 Å². The van der Waals surface area contributed by atoms with E-state index in [0.29, 0.717) is 26.2 Å². The molecule has 35 heavy (non-hydrogen) atoms. The number of anilines is 1. The van der Waals surface area contributed by atoms with E-state index in [-0.39, 0.29) is 35.0 Å². The molecule has 9 nitrogen and oxygen atoms in total. The number of nitrogens with zero attached hydrogens (tertiary/aromatic N) is 2. The van der Waals surface area contributed by atoms with Crippen LogP contribution in [0.15, 0.2) is 76.2 Å². The quantitative estimate of drug-likeness (QED) is 0.436. The van der Waals surface area contributed by atoms with Gasteiger partial charge in [0.25, 0.3) is 0 Å². The maximum absolute atomic E-state index is 13.2. The van der Waals surface area contributed by atoms with E-state index in [2.05, 4.69) is 4.90 Å². The molecule has 0 atom stereocenters. The molecule has 0 unspecified atom stereocenters. The molecule has 0 spiro atoms. The molecule has 0 bridgehead atoms. The van der Waals surface area contributed by atoms with Gasteiger partial charge in [0.05, 0.1) is 23.3 Å². The van der Waals surface area contributed by atoms with Crippen molar-refractivity contribution >= 4 is 27.6 Å². The van der Waals surface area contributed by atoms with E-state index in [1.165, 1.54) is 40.9 Å². The van der Waals surface area contributed by atoms with Gasteiger partial charge in [0.1, 0.15) is 5.56 Å². The third-order valence-electron chi connectivity index (χ3n) is 5.64. The van der Waals surface area contributed by atoms with Crippen molar-refractivity contribution in [2.24, 2.45) is 0 Å². The van der Waals surface area contributed by atoms with Crippen molar-refractivity contribution in [2.75, 3.05) is 37.7 Å². The summed E-state index contributed by atoms with van der Waals surface area (Å²) in [7, 11) is -3.79. The Labute approximate surface area is 203 Å². The average molecular weight is 499 g/mol. The Bertz CT molecular complexity index is 1280. The largest absolute Gasteiger partial charge is 0.465 e. The second kappa shape index (κ2) is 10.7. The fraction of sp³-hybridized carbons (Fsp3) is 0.280. The van der Waals surface area contributed by atoms with Gasteiger partial charge in [0, 0.05) is 31.9 Å². The molecule has 2 heterocycles. The molecule has 0 aliphatic carbocycles. The smallest absolute Gasteiger partial charge is 0.341 e. The first-order valence-corrected chi connectivity index (χ1v) is 12.6. The predicted octanol–water partition coefficient (Wildman–Crippen LogP) is 3.32. The number of ether oxygens (including phenoxy) is 2. The normalized spacial score (nSPS) is 14.5. The van der Waals surface area contributed by atoms with Crippen LogP contribution < -0.4 is 4.90 Å². The number of furan rings is 1.